The molecule has 88 valence electrons. The SMILES string of the molecule is O=S(=O)(O)N(c1ccccc1)c1ccccc1. The van der Waals surface area contributed by atoms with Crippen molar-refractivity contribution in [2.24, 2.45) is 0 Å². The molecule has 0 aromatic heterocycles. The van der Waals surface area contributed by atoms with Gasteiger partial charge in [0, 0.05) is 0 Å². The van der Waals surface area contributed by atoms with Gasteiger partial charge in [0.25, 0.3) is 0 Å². The van der Waals surface area contributed by atoms with Gasteiger partial charge in [-0.25, -0.2) is 4.31 Å². The van der Waals surface area contributed by atoms with Gasteiger partial charge in [-0.3, -0.25) is 4.55 Å². The lowest BCUT2D eigenvalue weighted by Gasteiger charge is -2.20. The van der Waals surface area contributed by atoms with E-state index in [4.69, 9.17) is 0 Å². The van der Waals surface area contributed by atoms with Crippen molar-refractivity contribution in [1.82, 2.24) is 0 Å². The van der Waals surface area contributed by atoms with Crippen molar-refractivity contribution in [3.63, 3.8) is 0 Å². The van der Waals surface area contributed by atoms with Gasteiger partial charge in [0.05, 0.1) is 11.4 Å². The molecule has 1 N–H and O–H groups in total. The van der Waals surface area contributed by atoms with Gasteiger partial charge in [-0.15, -0.1) is 0 Å². The zero-order chi connectivity index (χ0) is 12.3. The van der Waals surface area contributed by atoms with Gasteiger partial charge in [0.15, 0.2) is 0 Å². The van der Waals surface area contributed by atoms with Crippen LogP contribution in [0.1, 0.15) is 0 Å². The van der Waals surface area contributed by atoms with Gasteiger partial charge in [-0.1, -0.05) is 36.4 Å². The molecule has 2 rings (SSSR count). The zero-order valence-corrected chi connectivity index (χ0v) is 9.71. The van der Waals surface area contributed by atoms with Crippen LogP contribution in [0.25, 0.3) is 0 Å². The maximum absolute atomic E-state index is 11.4. The van der Waals surface area contributed by atoms with E-state index >= 15 is 0 Å². The van der Waals surface area contributed by atoms with Gasteiger partial charge in [-0.2, -0.15) is 8.42 Å². The minimum Gasteiger partial charge on any atom is -0.269 e. The summed E-state index contributed by atoms with van der Waals surface area (Å²) in [6, 6.07) is 16.8. The van der Waals surface area contributed by atoms with Gasteiger partial charge in [0.2, 0.25) is 0 Å². The molecule has 0 radical (unpaired) electrons. The van der Waals surface area contributed by atoms with Crippen LogP contribution < -0.4 is 4.31 Å². The highest BCUT2D eigenvalue weighted by atomic mass is 32.2. The van der Waals surface area contributed by atoms with E-state index in [1.54, 1.807) is 60.7 Å². The van der Waals surface area contributed by atoms with Crippen LogP contribution in [0.2, 0.25) is 0 Å². The molecule has 0 saturated heterocycles. The van der Waals surface area contributed by atoms with E-state index in [-0.39, 0.29) is 0 Å². The fourth-order valence-electron chi connectivity index (χ4n) is 1.54. The minimum absolute atomic E-state index is 0.390. The van der Waals surface area contributed by atoms with Crippen molar-refractivity contribution in [1.29, 1.82) is 0 Å². The molecule has 0 fully saturated rings. The summed E-state index contributed by atoms with van der Waals surface area (Å²) in [6.07, 6.45) is 0. The minimum atomic E-state index is -4.34. The van der Waals surface area contributed by atoms with Crippen LogP contribution in [0.3, 0.4) is 0 Å². The second-order valence-electron chi connectivity index (χ2n) is 3.41. The first kappa shape index (κ1) is 11.6. The third-order valence-corrected chi connectivity index (χ3v) is 3.10. The lowest BCUT2D eigenvalue weighted by molar-refractivity contribution is 0.483. The van der Waals surface area contributed by atoms with Crippen molar-refractivity contribution >= 4 is 21.7 Å². The topological polar surface area (TPSA) is 57.6 Å². The average Bonchev–Trinajstić information content (AvgIpc) is 2.30. The molecule has 0 heterocycles. The third-order valence-electron chi connectivity index (χ3n) is 2.21. The highest BCUT2D eigenvalue weighted by molar-refractivity contribution is 7.87. The summed E-state index contributed by atoms with van der Waals surface area (Å²) in [5.74, 6) is 0. The smallest absolute Gasteiger partial charge is 0.269 e. The molecule has 0 spiro atoms. The maximum atomic E-state index is 11.4. The molecule has 2 aromatic carbocycles. The lowest BCUT2D eigenvalue weighted by Crippen LogP contribution is -2.24. The van der Waals surface area contributed by atoms with Crippen LogP contribution in [-0.4, -0.2) is 13.0 Å². The molecule has 17 heavy (non-hydrogen) atoms. The van der Waals surface area contributed by atoms with Crippen LogP contribution in [0, 0.1) is 0 Å². The Kier molecular flexibility index (Phi) is 3.12. The molecule has 4 nitrogen and oxygen atoms in total. The zero-order valence-electron chi connectivity index (χ0n) is 8.89. The van der Waals surface area contributed by atoms with E-state index in [0.29, 0.717) is 11.4 Å². The van der Waals surface area contributed by atoms with Gasteiger partial charge < -0.3 is 0 Å². The molecular weight excluding hydrogens is 238 g/mol. The van der Waals surface area contributed by atoms with E-state index in [9.17, 15) is 13.0 Å². The van der Waals surface area contributed by atoms with Crippen molar-refractivity contribution in [2.75, 3.05) is 4.31 Å². The average molecular weight is 249 g/mol. The summed E-state index contributed by atoms with van der Waals surface area (Å²) in [4.78, 5) is 0. The quantitative estimate of drug-likeness (QED) is 0.851. The highest BCUT2D eigenvalue weighted by Gasteiger charge is 2.20. The molecule has 5 heteroatoms. The van der Waals surface area contributed by atoms with Crippen molar-refractivity contribution in [3.8, 4) is 0 Å². The second kappa shape index (κ2) is 4.57. The summed E-state index contributed by atoms with van der Waals surface area (Å²) >= 11 is 0. The number of benzene rings is 2. The van der Waals surface area contributed by atoms with Gasteiger partial charge in [-0.05, 0) is 24.3 Å². The standard InChI is InChI=1S/C12H11NO3S/c14-17(15,16)13(11-7-3-1-4-8-11)12-9-5-2-6-10-12/h1-10H,(H,14,15,16). The van der Waals surface area contributed by atoms with E-state index in [0.717, 1.165) is 4.31 Å². The number of hydrogen-bond acceptors (Lipinski definition) is 2. The number of para-hydroxylation sites is 2. The number of hydrogen-bond donors (Lipinski definition) is 1. The third kappa shape index (κ3) is 2.64. The molecule has 0 aliphatic rings. The van der Waals surface area contributed by atoms with E-state index in [1.807, 2.05) is 0 Å². The summed E-state index contributed by atoms with van der Waals surface area (Å²) in [5, 5.41) is 0. The Labute approximate surface area is 100 Å². The molecule has 0 aliphatic heterocycles. The van der Waals surface area contributed by atoms with Crippen molar-refractivity contribution < 1.29 is 13.0 Å². The van der Waals surface area contributed by atoms with Crippen LogP contribution in [0.4, 0.5) is 11.4 Å². The van der Waals surface area contributed by atoms with Crippen LogP contribution in [-0.2, 0) is 10.3 Å². The summed E-state index contributed by atoms with van der Waals surface area (Å²) < 4.78 is 33.0. The highest BCUT2D eigenvalue weighted by Crippen LogP contribution is 2.27. The Morgan fingerprint density at radius 2 is 1.12 bits per heavy atom. The summed E-state index contributed by atoms with van der Waals surface area (Å²) in [6.45, 7) is 0. The Balaban J connectivity index is 2.56. The Morgan fingerprint density at radius 1 is 0.765 bits per heavy atom. The Bertz CT molecular complexity index is 542. The Hall–Kier alpha value is -1.85. The van der Waals surface area contributed by atoms with Crippen molar-refractivity contribution in [2.45, 2.75) is 0 Å². The first-order valence-electron chi connectivity index (χ1n) is 4.97. The monoisotopic (exact) mass is 249 g/mol. The predicted molar refractivity (Wildman–Crippen MR) is 66.6 cm³/mol. The van der Waals surface area contributed by atoms with Gasteiger partial charge in [0.1, 0.15) is 0 Å². The fourth-order valence-corrected chi connectivity index (χ4v) is 2.32. The summed E-state index contributed by atoms with van der Waals surface area (Å²) in [5.41, 5.74) is 0.780. The predicted octanol–water partition coefficient (Wildman–Crippen LogP) is 2.63. The van der Waals surface area contributed by atoms with E-state index < -0.39 is 10.3 Å². The van der Waals surface area contributed by atoms with Gasteiger partial charge >= 0.3 is 10.3 Å². The first-order valence-corrected chi connectivity index (χ1v) is 6.36. The maximum Gasteiger partial charge on any atom is 0.364 e. The molecule has 0 atom stereocenters. The van der Waals surface area contributed by atoms with Crippen LogP contribution >= 0.6 is 0 Å². The number of nitrogens with zero attached hydrogens (tertiary/aromatic N) is 1. The fraction of sp³-hybridized carbons (Fsp3) is 0. The second-order valence-corrected chi connectivity index (χ2v) is 4.67. The number of rotatable bonds is 3. The number of anilines is 2. The van der Waals surface area contributed by atoms with Crippen LogP contribution in [0.15, 0.2) is 60.7 Å². The molecular formula is C12H11NO3S. The van der Waals surface area contributed by atoms with Crippen LogP contribution in [0.5, 0.6) is 0 Å². The first-order chi connectivity index (χ1) is 8.09. The molecule has 2 aromatic rings. The normalized spacial score (nSPS) is 11.1. The van der Waals surface area contributed by atoms with E-state index in [1.165, 1.54) is 0 Å². The lowest BCUT2D eigenvalue weighted by atomic mass is 10.3. The largest absolute Gasteiger partial charge is 0.364 e. The Morgan fingerprint density at radius 3 is 1.41 bits per heavy atom. The van der Waals surface area contributed by atoms with Crippen molar-refractivity contribution in [3.05, 3.63) is 60.7 Å². The molecule has 0 saturated carbocycles. The molecule has 0 unspecified atom stereocenters. The molecule has 0 amide bonds. The van der Waals surface area contributed by atoms with E-state index in [2.05, 4.69) is 0 Å². The molecule has 0 aliphatic carbocycles. The molecule has 0 bridgehead atoms. The summed E-state index contributed by atoms with van der Waals surface area (Å²) in [7, 11) is -4.34.